The molecule has 0 spiro atoms. The second-order valence-corrected chi connectivity index (χ2v) is 3.04. The maximum absolute atomic E-state index is 6.79. The van der Waals surface area contributed by atoms with Crippen LogP contribution in [-0.2, 0) is 0 Å². The topological polar surface area (TPSA) is 35.9 Å². The molecule has 1 heterocycles. The van der Waals surface area contributed by atoms with Crippen molar-refractivity contribution in [3.8, 4) is 0 Å². The summed E-state index contributed by atoms with van der Waals surface area (Å²) in [5.74, 6) is 0. The third-order valence-electron chi connectivity index (χ3n) is 1.06. The molecule has 0 radical (unpaired) electrons. The number of nitrogens with one attached hydrogen (secondary N) is 2. The zero-order valence-corrected chi connectivity index (χ0v) is 7.42. The van der Waals surface area contributed by atoms with Gasteiger partial charge in [-0.25, -0.2) is 0 Å². The molecule has 0 aliphatic carbocycles. The highest BCUT2D eigenvalue weighted by atomic mass is 127. The van der Waals surface area contributed by atoms with E-state index in [0.29, 0.717) is 0 Å². The third-order valence-corrected chi connectivity index (χ3v) is 1.73. The monoisotopic (exact) mass is 246 g/mol. The van der Waals surface area contributed by atoms with Crippen LogP contribution in [0, 0.1) is 5.41 Å². The predicted molar refractivity (Wildman–Crippen MR) is 51.2 cm³/mol. The third kappa shape index (κ3) is 1.98. The van der Waals surface area contributed by atoms with Crippen LogP contribution in [0.4, 0.5) is 0 Å². The van der Waals surface area contributed by atoms with Crippen molar-refractivity contribution in [3.05, 3.63) is 33.7 Å². The summed E-state index contributed by atoms with van der Waals surface area (Å²) < 4.78 is 1.17. The fourth-order valence-electron chi connectivity index (χ4n) is 0.611. The average molecular weight is 246 g/mol. The zero-order chi connectivity index (χ0) is 7.40. The number of rotatable bonds is 1. The lowest BCUT2D eigenvalue weighted by atomic mass is 10.3. The Hall–Kier alpha value is -0.580. The van der Waals surface area contributed by atoms with E-state index in [1.54, 1.807) is 6.08 Å². The second-order valence-electron chi connectivity index (χ2n) is 1.80. The van der Waals surface area contributed by atoms with Crippen molar-refractivity contribution >= 4 is 28.8 Å². The molecular formula is C7H7IN2. The quantitative estimate of drug-likeness (QED) is 0.538. The van der Waals surface area contributed by atoms with Crippen molar-refractivity contribution in [2.24, 2.45) is 0 Å². The number of hydrogen-bond donors (Lipinski definition) is 2. The minimum atomic E-state index is 0.954. The normalized spacial score (nSPS) is 20.1. The van der Waals surface area contributed by atoms with Gasteiger partial charge in [0, 0.05) is 21.7 Å². The Bertz CT molecular complexity index is 226. The lowest BCUT2D eigenvalue weighted by Crippen LogP contribution is -2.05. The van der Waals surface area contributed by atoms with Gasteiger partial charge in [0.25, 0.3) is 0 Å². The first-order valence-corrected chi connectivity index (χ1v) is 3.92. The van der Waals surface area contributed by atoms with Crippen molar-refractivity contribution in [3.63, 3.8) is 0 Å². The van der Waals surface area contributed by atoms with Gasteiger partial charge in [-0.2, -0.15) is 0 Å². The van der Waals surface area contributed by atoms with E-state index in [0.717, 1.165) is 5.70 Å². The van der Waals surface area contributed by atoms with Gasteiger partial charge in [0.1, 0.15) is 0 Å². The van der Waals surface area contributed by atoms with Gasteiger partial charge < -0.3 is 10.7 Å². The van der Waals surface area contributed by atoms with E-state index in [4.69, 9.17) is 5.41 Å². The molecular weight excluding hydrogens is 239 g/mol. The fourth-order valence-corrected chi connectivity index (χ4v) is 0.947. The van der Waals surface area contributed by atoms with Gasteiger partial charge in [0.15, 0.2) is 0 Å². The molecule has 0 aromatic carbocycles. The van der Waals surface area contributed by atoms with E-state index in [-0.39, 0.29) is 0 Å². The second kappa shape index (κ2) is 3.55. The summed E-state index contributed by atoms with van der Waals surface area (Å²) in [4.78, 5) is 0. The summed E-state index contributed by atoms with van der Waals surface area (Å²) in [6.45, 7) is 0. The van der Waals surface area contributed by atoms with Crippen LogP contribution in [0.1, 0.15) is 0 Å². The Morgan fingerprint density at radius 3 is 2.80 bits per heavy atom. The summed E-state index contributed by atoms with van der Waals surface area (Å²) in [6.07, 6.45) is 8.80. The fraction of sp³-hybridized carbons (Fsp3) is 0. The van der Waals surface area contributed by atoms with Gasteiger partial charge >= 0.3 is 0 Å². The standard InChI is InChI=1S/C7H7IN2/c8-6-1-2-7(3-4-9)10-5-6/h1-5,9-10H/b7-3-,9-4?. The van der Waals surface area contributed by atoms with Gasteiger partial charge in [0.05, 0.1) is 0 Å². The van der Waals surface area contributed by atoms with Crippen molar-refractivity contribution in [1.82, 2.24) is 5.32 Å². The Kier molecular flexibility index (Phi) is 2.68. The minimum Gasteiger partial charge on any atom is -0.361 e. The number of halogens is 1. The van der Waals surface area contributed by atoms with Gasteiger partial charge in [-0.05, 0) is 40.8 Å². The van der Waals surface area contributed by atoms with Crippen molar-refractivity contribution < 1.29 is 0 Å². The Morgan fingerprint density at radius 2 is 2.30 bits per heavy atom. The summed E-state index contributed by atoms with van der Waals surface area (Å²) in [5.41, 5.74) is 0.954. The maximum atomic E-state index is 6.79. The highest BCUT2D eigenvalue weighted by Gasteiger charge is 1.93. The molecule has 10 heavy (non-hydrogen) atoms. The minimum absolute atomic E-state index is 0.954. The van der Waals surface area contributed by atoms with E-state index in [1.807, 2.05) is 18.4 Å². The molecule has 52 valence electrons. The van der Waals surface area contributed by atoms with Crippen molar-refractivity contribution in [1.29, 1.82) is 5.41 Å². The van der Waals surface area contributed by atoms with E-state index in [9.17, 15) is 0 Å². The van der Waals surface area contributed by atoms with E-state index >= 15 is 0 Å². The maximum Gasteiger partial charge on any atom is 0.0395 e. The largest absolute Gasteiger partial charge is 0.361 e. The van der Waals surface area contributed by atoms with E-state index in [2.05, 4.69) is 27.9 Å². The number of allylic oxidation sites excluding steroid dienone is 4. The highest BCUT2D eigenvalue weighted by Crippen LogP contribution is 2.11. The Morgan fingerprint density at radius 1 is 1.50 bits per heavy atom. The van der Waals surface area contributed by atoms with Gasteiger partial charge in [-0.1, -0.05) is 0 Å². The molecule has 0 fully saturated rings. The van der Waals surface area contributed by atoms with Crippen molar-refractivity contribution in [2.75, 3.05) is 0 Å². The van der Waals surface area contributed by atoms with Crippen LogP contribution in [0.3, 0.4) is 0 Å². The average Bonchev–Trinajstić information content (AvgIpc) is 1.95. The number of hydrogen-bond acceptors (Lipinski definition) is 2. The molecule has 2 nitrogen and oxygen atoms in total. The zero-order valence-electron chi connectivity index (χ0n) is 5.26. The van der Waals surface area contributed by atoms with E-state index < -0.39 is 0 Å². The molecule has 0 aromatic heterocycles. The molecule has 0 bridgehead atoms. The van der Waals surface area contributed by atoms with Gasteiger partial charge in [-0.3, -0.25) is 0 Å². The van der Waals surface area contributed by atoms with Crippen LogP contribution in [0.25, 0.3) is 0 Å². The lowest BCUT2D eigenvalue weighted by Gasteiger charge is -2.05. The first-order valence-electron chi connectivity index (χ1n) is 2.84. The molecule has 0 unspecified atom stereocenters. The molecule has 1 aliphatic heterocycles. The van der Waals surface area contributed by atoms with Crippen LogP contribution in [0.5, 0.6) is 0 Å². The summed E-state index contributed by atoms with van der Waals surface area (Å²) >= 11 is 2.22. The molecule has 0 amide bonds. The molecule has 0 aromatic rings. The smallest absolute Gasteiger partial charge is 0.0395 e. The lowest BCUT2D eigenvalue weighted by molar-refractivity contribution is 1.10. The van der Waals surface area contributed by atoms with Crippen LogP contribution >= 0.6 is 22.6 Å². The summed E-state index contributed by atoms with van der Waals surface area (Å²) in [7, 11) is 0. The summed E-state index contributed by atoms with van der Waals surface area (Å²) in [6, 6.07) is 0. The van der Waals surface area contributed by atoms with Gasteiger partial charge in [0.2, 0.25) is 0 Å². The molecule has 1 rings (SSSR count). The molecule has 2 N–H and O–H groups in total. The van der Waals surface area contributed by atoms with Crippen LogP contribution in [0.2, 0.25) is 0 Å². The first-order chi connectivity index (χ1) is 4.83. The molecule has 0 saturated heterocycles. The predicted octanol–water partition coefficient (Wildman–Crippen LogP) is 1.96. The highest BCUT2D eigenvalue weighted by molar-refractivity contribution is 14.1. The van der Waals surface area contributed by atoms with Crippen LogP contribution < -0.4 is 5.32 Å². The first kappa shape index (κ1) is 7.53. The van der Waals surface area contributed by atoms with Crippen LogP contribution in [0.15, 0.2) is 33.7 Å². The SMILES string of the molecule is N=C/C=C1/C=CC(I)=CN1. The van der Waals surface area contributed by atoms with Gasteiger partial charge in [-0.15, -0.1) is 0 Å². The molecule has 0 atom stereocenters. The van der Waals surface area contributed by atoms with E-state index in [1.165, 1.54) is 9.79 Å². The van der Waals surface area contributed by atoms with Crippen LogP contribution in [-0.4, -0.2) is 6.21 Å². The molecule has 0 saturated carbocycles. The summed E-state index contributed by atoms with van der Waals surface area (Å²) in [5, 5.41) is 9.81. The number of dihydropyridines is 1. The Labute approximate surface area is 73.4 Å². The molecule has 1 aliphatic rings. The molecule has 3 heteroatoms. The van der Waals surface area contributed by atoms with Crippen molar-refractivity contribution in [2.45, 2.75) is 0 Å². The Balaban J connectivity index is 2.69.